The van der Waals surface area contributed by atoms with E-state index in [-0.39, 0.29) is 66.6 Å². The first-order valence-corrected chi connectivity index (χ1v) is 8.57. The van der Waals surface area contributed by atoms with Gasteiger partial charge in [0.2, 0.25) is 5.91 Å². The summed E-state index contributed by atoms with van der Waals surface area (Å²) in [5.41, 5.74) is 0. The number of hydrogen-bond donors (Lipinski definition) is 1. The van der Waals surface area contributed by atoms with E-state index >= 15 is 0 Å². The molecule has 0 bridgehead atoms. The molecule has 1 unspecified atom stereocenters. The molecule has 1 saturated carbocycles. The molecule has 2 aliphatic heterocycles. The molecule has 0 aromatic carbocycles. The van der Waals surface area contributed by atoms with Gasteiger partial charge in [0.15, 0.2) is 5.79 Å². The van der Waals surface area contributed by atoms with E-state index in [0.717, 1.165) is 25.7 Å². The second-order valence-corrected chi connectivity index (χ2v) is 6.96. The fourth-order valence-electron chi connectivity index (χ4n) is 3.73. The zero-order chi connectivity index (χ0) is 15.9. The Balaban J connectivity index is 0.00000192. The number of fused-ring (bicyclic) bond motifs is 1. The number of hydrogen-bond acceptors (Lipinski definition) is 6. The van der Waals surface area contributed by atoms with Crippen molar-refractivity contribution in [2.24, 2.45) is 5.92 Å². The number of nitrogens with zero attached hydrogens (tertiary/aromatic N) is 1. The summed E-state index contributed by atoms with van der Waals surface area (Å²) in [5.74, 6) is -2.43. The third-order valence-corrected chi connectivity index (χ3v) is 5.46. The molecular formula is C15H22NNaO5S. The summed E-state index contributed by atoms with van der Waals surface area (Å²) in [6.07, 6.45) is 4.26. The number of carboxylic acids is 1. The SMILES string of the molecule is CC(CS)C(=O)N1CC2(C[C@H]1C(=O)[O-])O[C@@H]1CCCC[C@H]1O2.[Na+]. The molecule has 2 saturated heterocycles. The molecule has 6 nitrogen and oxygen atoms in total. The van der Waals surface area contributed by atoms with Crippen LogP contribution >= 0.6 is 12.6 Å². The standard InChI is InChI=1S/C15H23NO5S.Na/c1-9(7-22)13(17)16-8-15(6-10(16)14(18)19)20-11-4-2-3-5-12(11)21-15;/h9-12,22H,2-8H2,1H3,(H,18,19);/q;+1/p-1/t9?,10-,11+,12+;/m0./s1. The van der Waals surface area contributed by atoms with Crippen LogP contribution in [-0.2, 0) is 19.1 Å². The van der Waals surface area contributed by atoms with E-state index in [1.807, 2.05) is 0 Å². The van der Waals surface area contributed by atoms with Gasteiger partial charge in [-0.2, -0.15) is 12.6 Å². The van der Waals surface area contributed by atoms with Crippen molar-refractivity contribution in [1.82, 2.24) is 4.90 Å². The van der Waals surface area contributed by atoms with Crippen LogP contribution in [0, 0.1) is 5.92 Å². The van der Waals surface area contributed by atoms with E-state index in [1.54, 1.807) is 6.92 Å². The first-order chi connectivity index (χ1) is 10.5. The van der Waals surface area contributed by atoms with Crippen molar-refractivity contribution in [1.29, 1.82) is 0 Å². The number of aliphatic carboxylic acids is 1. The van der Waals surface area contributed by atoms with E-state index in [0.29, 0.717) is 5.75 Å². The van der Waals surface area contributed by atoms with Crippen molar-refractivity contribution in [2.45, 2.75) is 63.1 Å². The van der Waals surface area contributed by atoms with Gasteiger partial charge in [-0.25, -0.2) is 0 Å². The zero-order valence-corrected chi connectivity index (χ0v) is 16.6. The number of likely N-dealkylation sites (tertiary alicyclic amines) is 1. The van der Waals surface area contributed by atoms with Crippen LogP contribution in [-0.4, -0.2) is 53.1 Å². The van der Waals surface area contributed by atoms with Gasteiger partial charge in [-0.05, 0) is 12.8 Å². The molecule has 2 heterocycles. The molecule has 4 atom stereocenters. The molecule has 23 heavy (non-hydrogen) atoms. The number of thiol groups is 1. The minimum Gasteiger partial charge on any atom is -0.548 e. The third-order valence-electron chi connectivity index (χ3n) is 4.92. The molecule has 3 aliphatic rings. The molecule has 1 amide bonds. The Morgan fingerprint density at radius 1 is 1.30 bits per heavy atom. The molecule has 3 fully saturated rings. The van der Waals surface area contributed by atoms with Gasteiger partial charge in [0.25, 0.3) is 0 Å². The molecule has 8 heteroatoms. The Morgan fingerprint density at radius 2 is 1.87 bits per heavy atom. The fraction of sp³-hybridized carbons (Fsp3) is 0.867. The Morgan fingerprint density at radius 3 is 2.35 bits per heavy atom. The molecule has 124 valence electrons. The minimum absolute atomic E-state index is 0. The Kier molecular flexibility index (Phi) is 6.47. The van der Waals surface area contributed by atoms with Crippen molar-refractivity contribution in [3.63, 3.8) is 0 Å². The van der Waals surface area contributed by atoms with E-state index in [2.05, 4.69) is 12.6 Å². The normalized spacial score (nSPS) is 33.1. The summed E-state index contributed by atoms with van der Waals surface area (Å²) in [6, 6.07) is -0.991. The van der Waals surface area contributed by atoms with Crippen molar-refractivity contribution < 1.29 is 53.7 Å². The smallest absolute Gasteiger partial charge is 0.548 e. The van der Waals surface area contributed by atoms with E-state index in [1.165, 1.54) is 4.90 Å². The third kappa shape index (κ3) is 3.75. The summed E-state index contributed by atoms with van der Waals surface area (Å²) >= 11 is 4.12. The average molecular weight is 351 g/mol. The number of rotatable bonds is 3. The van der Waals surface area contributed by atoms with Crippen LogP contribution in [0.5, 0.6) is 0 Å². The van der Waals surface area contributed by atoms with Crippen molar-refractivity contribution >= 4 is 24.5 Å². The van der Waals surface area contributed by atoms with Crippen LogP contribution in [0.4, 0.5) is 0 Å². The fourth-order valence-corrected chi connectivity index (χ4v) is 3.88. The van der Waals surface area contributed by atoms with Gasteiger partial charge in [-0.15, -0.1) is 0 Å². The monoisotopic (exact) mass is 351 g/mol. The molecule has 1 aliphatic carbocycles. The van der Waals surface area contributed by atoms with Crippen LogP contribution in [0.3, 0.4) is 0 Å². The topological polar surface area (TPSA) is 78.9 Å². The number of carbonyl (C=O) groups is 2. The maximum Gasteiger partial charge on any atom is 1.00 e. The first-order valence-electron chi connectivity index (χ1n) is 7.93. The zero-order valence-electron chi connectivity index (χ0n) is 13.7. The minimum atomic E-state index is -1.25. The molecule has 0 aromatic heterocycles. The second kappa shape index (κ2) is 7.62. The van der Waals surface area contributed by atoms with Gasteiger partial charge in [0.05, 0.1) is 30.8 Å². The Bertz CT molecular complexity index is 463. The van der Waals surface area contributed by atoms with E-state index < -0.39 is 17.8 Å². The van der Waals surface area contributed by atoms with Gasteiger partial charge in [0, 0.05) is 18.1 Å². The number of carbonyl (C=O) groups excluding carboxylic acids is 2. The molecule has 3 rings (SSSR count). The van der Waals surface area contributed by atoms with Crippen molar-refractivity contribution in [3.05, 3.63) is 0 Å². The van der Waals surface area contributed by atoms with Gasteiger partial charge < -0.3 is 24.3 Å². The second-order valence-electron chi connectivity index (χ2n) is 6.60. The van der Waals surface area contributed by atoms with Crippen LogP contribution in [0.2, 0.25) is 0 Å². The van der Waals surface area contributed by atoms with Crippen LogP contribution < -0.4 is 34.7 Å². The summed E-state index contributed by atoms with van der Waals surface area (Å²) < 4.78 is 12.1. The average Bonchev–Trinajstić information content (AvgIpc) is 3.05. The van der Waals surface area contributed by atoms with Crippen LogP contribution in [0.1, 0.15) is 39.0 Å². The summed E-state index contributed by atoms with van der Waals surface area (Å²) in [4.78, 5) is 25.2. The maximum absolute atomic E-state index is 12.4. The molecule has 0 radical (unpaired) electrons. The van der Waals surface area contributed by atoms with E-state index in [9.17, 15) is 14.7 Å². The van der Waals surface area contributed by atoms with Gasteiger partial charge in [-0.1, -0.05) is 19.8 Å². The van der Waals surface area contributed by atoms with Crippen molar-refractivity contribution in [3.8, 4) is 0 Å². The molecule has 0 aromatic rings. The largest absolute Gasteiger partial charge is 1.00 e. The molecule has 0 N–H and O–H groups in total. The first kappa shape index (κ1) is 19.5. The van der Waals surface area contributed by atoms with E-state index in [4.69, 9.17) is 9.47 Å². The predicted octanol–water partition coefficient (Wildman–Crippen LogP) is -3.04. The Labute approximate surface area is 164 Å². The molecular weight excluding hydrogens is 329 g/mol. The predicted molar refractivity (Wildman–Crippen MR) is 79.1 cm³/mol. The maximum atomic E-state index is 12.4. The van der Waals surface area contributed by atoms with Gasteiger partial charge in [-0.3, -0.25) is 4.79 Å². The summed E-state index contributed by atoms with van der Waals surface area (Å²) in [6.45, 7) is 1.90. The molecule has 1 spiro atoms. The van der Waals surface area contributed by atoms with Gasteiger partial charge in [0.1, 0.15) is 0 Å². The van der Waals surface area contributed by atoms with Gasteiger partial charge >= 0.3 is 29.6 Å². The van der Waals surface area contributed by atoms with Crippen LogP contribution in [0.25, 0.3) is 0 Å². The number of ether oxygens (including phenoxy) is 2. The quantitative estimate of drug-likeness (QED) is 0.432. The Hall–Kier alpha value is 0.210. The summed E-state index contributed by atoms with van der Waals surface area (Å²) in [5, 5.41) is 11.4. The summed E-state index contributed by atoms with van der Waals surface area (Å²) in [7, 11) is 0. The number of amides is 1. The number of carboxylic acid groups (broad SMARTS) is 1. The van der Waals surface area contributed by atoms with Crippen molar-refractivity contribution in [2.75, 3.05) is 12.3 Å². The van der Waals surface area contributed by atoms with Crippen LogP contribution in [0.15, 0.2) is 0 Å².